The Morgan fingerprint density at radius 2 is 1.58 bits per heavy atom. The van der Waals surface area contributed by atoms with E-state index in [0.717, 1.165) is 55.0 Å². The minimum atomic E-state index is -0.358. The molecule has 0 bridgehead atoms. The third kappa shape index (κ3) is 4.11. The Labute approximate surface area is 192 Å². The van der Waals surface area contributed by atoms with Gasteiger partial charge in [-0.2, -0.15) is 0 Å². The number of carbonyl (C=O) groups is 1. The average molecular weight is 449 g/mol. The number of hydrogen-bond donors (Lipinski definition) is 0. The highest BCUT2D eigenvalue weighted by Gasteiger charge is 2.46. The number of rotatable bonds is 4. The Balaban J connectivity index is 1.39. The van der Waals surface area contributed by atoms with Crippen molar-refractivity contribution in [3.8, 4) is 5.75 Å². The number of carbonyl (C=O) groups excluding carboxylic acids is 1. The van der Waals surface area contributed by atoms with Crippen molar-refractivity contribution in [2.45, 2.75) is 24.8 Å². The summed E-state index contributed by atoms with van der Waals surface area (Å²) in [5.41, 5.74) is 3.45. The van der Waals surface area contributed by atoms with Gasteiger partial charge in [0, 0.05) is 29.8 Å². The van der Waals surface area contributed by atoms with Crippen LogP contribution in [0, 0.1) is 11.6 Å². The van der Waals surface area contributed by atoms with Gasteiger partial charge in [-0.05, 0) is 91.7 Å². The molecule has 1 fully saturated rings. The van der Waals surface area contributed by atoms with E-state index in [1.807, 2.05) is 29.2 Å². The van der Waals surface area contributed by atoms with Gasteiger partial charge in [-0.15, -0.1) is 0 Å². The lowest BCUT2D eigenvalue weighted by Crippen LogP contribution is -2.45. The molecule has 0 aromatic heterocycles. The molecule has 0 unspecified atom stereocenters. The van der Waals surface area contributed by atoms with E-state index in [4.69, 9.17) is 4.74 Å². The number of nitrogens with zero attached hydrogens (tertiary/aromatic N) is 2. The largest absolute Gasteiger partial charge is 0.497 e. The third-order valence-corrected chi connectivity index (χ3v) is 7.00. The summed E-state index contributed by atoms with van der Waals surface area (Å²) in [5.74, 6) is 0.0758. The fraction of sp³-hybridized carbons (Fsp3) is 0.296. The zero-order chi connectivity index (χ0) is 23.0. The molecule has 6 heteroatoms. The Bertz CT molecular complexity index is 1150. The molecule has 4 nitrogen and oxygen atoms in total. The van der Waals surface area contributed by atoms with Crippen LogP contribution in [0.3, 0.4) is 0 Å². The van der Waals surface area contributed by atoms with Crippen LogP contribution in [0.4, 0.5) is 14.5 Å². The molecule has 0 N–H and O–H groups in total. The lowest BCUT2D eigenvalue weighted by atomic mass is 9.74. The Morgan fingerprint density at radius 1 is 0.939 bits per heavy atom. The summed E-state index contributed by atoms with van der Waals surface area (Å²) in [6.07, 6.45) is 1.81. The van der Waals surface area contributed by atoms with Crippen molar-refractivity contribution in [1.82, 2.24) is 4.90 Å². The zero-order valence-corrected chi connectivity index (χ0v) is 18.6. The maximum absolute atomic E-state index is 13.4. The van der Waals surface area contributed by atoms with Crippen LogP contribution in [-0.2, 0) is 12.0 Å². The zero-order valence-electron chi connectivity index (χ0n) is 18.6. The smallest absolute Gasteiger partial charge is 0.258 e. The van der Waals surface area contributed by atoms with E-state index in [-0.39, 0.29) is 23.0 Å². The van der Waals surface area contributed by atoms with Gasteiger partial charge in [-0.3, -0.25) is 9.69 Å². The fourth-order valence-corrected chi connectivity index (χ4v) is 5.12. The van der Waals surface area contributed by atoms with E-state index in [9.17, 15) is 13.6 Å². The van der Waals surface area contributed by atoms with Gasteiger partial charge < -0.3 is 9.64 Å². The van der Waals surface area contributed by atoms with Gasteiger partial charge in [0.15, 0.2) is 0 Å². The molecule has 1 amide bonds. The maximum atomic E-state index is 13.4. The first-order chi connectivity index (χ1) is 16.0. The van der Waals surface area contributed by atoms with Gasteiger partial charge >= 0.3 is 0 Å². The highest BCUT2D eigenvalue weighted by Crippen LogP contribution is 2.48. The molecule has 1 saturated heterocycles. The van der Waals surface area contributed by atoms with Crippen LogP contribution in [0.2, 0.25) is 0 Å². The van der Waals surface area contributed by atoms with E-state index in [1.165, 1.54) is 36.4 Å². The first-order valence-electron chi connectivity index (χ1n) is 11.2. The van der Waals surface area contributed by atoms with Crippen LogP contribution in [0.1, 0.15) is 34.3 Å². The standard InChI is InChI=1S/C27H26F2N2O2/c1-33-23-10-11-25-24(16-23)27(18-31(25)26(32)20-4-8-22(29)9-5-20)12-14-30(15-13-27)17-19-2-6-21(28)7-3-19/h2-11,16H,12-15,17-18H2,1H3. The number of halogens is 2. The first kappa shape index (κ1) is 21.6. The SMILES string of the molecule is COc1ccc2c(c1)C1(CCN(Cc3ccc(F)cc3)CC1)CN2C(=O)c1ccc(F)cc1. The number of amides is 1. The molecule has 3 aromatic rings. The number of hydrogen-bond acceptors (Lipinski definition) is 3. The van der Waals surface area contributed by atoms with Crippen LogP contribution < -0.4 is 9.64 Å². The number of benzene rings is 3. The second kappa shape index (κ2) is 8.60. The van der Waals surface area contributed by atoms with E-state index in [0.29, 0.717) is 12.1 Å². The van der Waals surface area contributed by atoms with Crippen molar-refractivity contribution >= 4 is 11.6 Å². The van der Waals surface area contributed by atoms with Crippen molar-refractivity contribution < 1.29 is 18.3 Å². The molecular weight excluding hydrogens is 422 g/mol. The van der Waals surface area contributed by atoms with Gasteiger partial charge in [0.05, 0.1) is 7.11 Å². The van der Waals surface area contributed by atoms with Crippen molar-refractivity contribution in [3.63, 3.8) is 0 Å². The van der Waals surface area contributed by atoms with Crippen LogP contribution in [-0.4, -0.2) is 37.6 Å². The maximum Gasteiger partial charge on any atom is 0.258 e. The summed E-state index contributed by atoms with van der Waals surface area (Å²) in [6.45, 7) is 3.13. The molecule has 1 spiro atoms. The van der Waals surface area contributed by atoms with E-state index >= 15 is 0 Å². The van der Waals surface area contributed by atoms with Gasteiger partial charge in [-0.1, -0.05) is 12.1 Å². The summed E-state index contributed by atoms with van der Waals surface area (Å²) in [6, 6.07) is 18.3. The van der Waals surface area contributed by atoms with E-state index in [2.05, 4.69) is 11.0 Å². The minimum absolute atomic E-state index is 0.118. The van der Waals surface area contributed by atoms with Crippen molar-refractivity contribution in [2.75, 3.05) is 31.6 Å². The Kier molecular flexibility index (Phi) is 5.62. The number of ether oxygens (including phenoxy) is 1. The molecule has 33 heavy (non-hydrogen) atoms. The summed E-state index contributed by atoms with van der Waals surface area (Å²) in [4.78, 5) is 17.6. The number of anilines is 1. The molecular formula is C27H26F2N2O2. The molecule has 0 aliphatic carbocycles. The highest BCUT2D eigenvalue weighted by molar-refractivity contribution is 6.07. The quantitative estimate of drug-likeness (QED) is 0.552. The van der Waals surface area contributed by atoms with Gasteiger partial charge in [0.2, 0.25) is 0 Å². The van der Waals surface area contributed by atoms with Crippen LogP contribution in [0.15, 0.2) is 66.7 Å². The van der Waals surface area contributed by atoms with Crippen LogP contribution in [0.5, 0.6) is 5.75 Å². The van der Waals surface area contributed by atoms with E-state index < -0.39 is 0 Å². The van der Waals surface area contributed by atoms with Crippen molar-refractivity contribution in [3.05, 3.63) is 95.1 Å². The second-order valence-electron chi connectivity index (χ2n) is 8.96. The average Bonchev–Trinajstić information content (AvgIpc) is 3.15. The second-order valence-corrected chi connectivity index (χ2v) is 8.96. The van der Waals surface area contributed by atoms with Crippen LogP contribution in [0.25, 0.3) is 0 Å². The van der Waals surface area contributed by atoms with Crippen LogP contribution >= 0.6 is 0 Å². The minimum Gasteiger partial charge on any atom is -0.497 e. The number of fused-ring (bicyclic) bond motifs is 2. The molecule has 5 rings (SSSR count). The van der Waals surface area contributed by atoms with Gasteiger partial charge in [-0.25, -0.2) is 8.78 Å². The predicted octanol–water partition coefficient (Wildman–Crippen LogP) is 5.17. The molecule has 2 aliphatic rings. The summed E-state index contributed by atoms with van der Waals surface area (Å²) >= 11 is 0. The molecule has 0 saturated carbocycles. The Hall–Kier alpha value is -3.25. The number of methoxy groups -OCH3 is 1. The van der Waals surface area contributed by atoms with Gasteiger partial charge in [0.1, 0.15) is 17.4 Å². The van der Waals surface area contributed by atoms with Gasteiger partial charge in [0.25, 0.3) is 5.91 Å². The molecule has 2 heterocycles. The van der Waals surface area contributed by atoms with E-state index in [1.54, 1.807) is 7.11 Å². The third-order valence-electron chi connectivity index (χ3n) is 7.00. The lowest BCUT2D eigenvalue weighted by Gasteiger charge is -2.40. The summed E-state index contributed by atoms with van der Waals surface area (Å²) in [7, 11) is 1.65. The number of likely N-dealkylation sites (tertiary alicyclic amines) is 1. The molecule has 2 aliphatic heterocycles. The highest BCUT2D eigenvalue weighted by atomic mass is 19.1. The lowest BCUT2D eigenvalue weighted by molar-refractivity contribution is 0.0975. The normalized spacial score (nSPS) is 17.2. The van der Waals surface area contributed by atoms with Crippen molar-refractivity contribution in [1.29, 1.82) is 0 Å². The van der Waals surface area contributed by atoms with Crippen molar-refractivity contribution in [2.24, 2.45) is 0 Å². The fourth-order valence-electron chi connectivity index (χ4n) is 5.12. The topological polar surface area (TPSA) is 32.8 Å². The Morgan fingerprint density at radius 3 is 2.21 bits per heavy atom. The predicted molar refractivity (Wildman–Crippen MR) is 124 cm³/mol. The first-order valence-corrected chi connectivity index (χ1v) is 11.2. The molecule has 170 valence electrons. The molecule has 0 radical (unpaired) electrons. The summed E-state index contributed by atoms with van der Waals surface area (Å²) < 4.78 is 32.1. The molecule has 0 atom stereocenters. The number of piperidine rings is 1. The molecule has 3 aromatic carbocycles. The monoisotopic (exact) mass is 448 g/mol. The summed E-state index contributed by atoms with van der Waals surface area (Å²) in [5, 5.41) is 0.